The maximum Gasteiger partial charge on any atom is 0.326 e. The number of carboxylic acids is 1. The van der Waals surface area contributed by atoms with Crippen LogP contribution >= 0.6 is 0 Å². The molecule has 0 saturated heterocycles. The summed E-state index contributed by atoms with van der Waals surface area (Å²) in [7, 11) is 0. The van der Waals surface area contributed by atoms with Crippen LogP contribution in [0.3, 0.4) is 0 Å². The van der Waals surface area contributed by atoms with Gasteiger partial charge in [-0.25, -0.2) is 9.78 Å². The van der Waals surface area contributed by atoms with Gasteiger partial charge in [0.15, 0.2) is 5.69 Å². The van der Waals surface area contributed by atoms with E-state index in [9.17, 15) is 24.3 Å². The predicted molar refractivity (Wildman–Crippen MR) is 171 cm³/mol. The van der Waals surface area contributed by atoms with Crippen molar-refractivity contribution in [2.75, 3.05) is 19.6 Å². The Balaban J connectivity index is 1.87. The van der Waals surface area contributed by atoms with Crippen LogP contribution in [0.5, 0.6) is 0 Å². The molecule has 2 rings (SSSR count). The van der Waals surface area contributed by atoms with E-state index in [2.05, 4.69) is 29.5 Å². The fourth-order valence-corrected chi connectivity index (χ4v) is 4.98. The molecule has 44 heavy (non-hydrogen) atoms. The molecular formula is C34H52N4O6. The highest BCUT2D eigenvalue weighted by molar-refractivity contribution is 5.93. The molecule has 0 radical (unpaired) electrons. The van der Waals surface area contributed by atoms with Gasteiger partial charge in [0.2, 0.25) is 17.7 Å². The predicted octanol–water partition coefficient (Wildman–Crippen LogP) is 6.28. The number of carboxylic acid groups (broad SMARTS) is 1. The Hall–Kier alpha value is -3.69. The fourth-order valence-electron chi connectivity index (χ4n) is 4.98. The molecule has 0 fully saturated rings. The van der Waals surface area contributed by atoms with Gasteiger partial charge in [-0.3, -0.25) is 14.4 Å². The minimum Gasteiger partial charge on any atom is -0.480 e. The largest absolute Gasteiger partial charge is 0.480 e. The van der Waals surface area contributed by atoms with Crippen molar-refractivity contribution in [1.29, 1.82) is 0 Å². The minimum absolute atomic E-state index is 0.00907. The Morgan fingerprint density at radius 2 is 1.50 bits per heavy atom. The topological polar surface area (TPSA) is 142 Å². The van der Waals surface area contributed by atoms with Gasteiger partial charge in [0, 0.05) is 38.0 Å². The van der Waals surface area contributed by atoms with Crippen molar-refractivity contribution in [3.05, 3.63) is 41.8 Å². The molecule has 10 nitrogen and oxygen atoms in total. The van der Waals surface area contributed by atoms with E-state index in [0.29, 0.717) is 18.2 Å². The number of aliphatic carboxylic acids is 1. The van der Waals surface area contributed by atoms with Crippen LogP contribution in [0.2, 0.25) is 0 Å². The van der Waals surface area contributed by atoms with Gasteiger partial charge in [-0.2, -0.15) is 0 Å². The van der Waals surface area contributed by atoms with Crippen LogP contribution in [0, 0.1) is 6.92 Å². The number of carbonyl (C=O) groups excluding carboxylic acids is 3. The first-order chi connectivity index (χ1) is 21.3. The molecule has 0 bridgehead atoms. The SMILES string of the molecule is CCCCCCCCCC(=O)NC(CCC(=O)N(CCCCCC)CCNC(=O)c1nc(-c2ccccc2)oc1C)C(=O)O. The first-order valence-electron chi connectivity index (χ1n) is 16.4. The van der Waals surface area contributed by atoms with Gasteiger partial charge < -0.3 is 25.1 Å². The third kappa shape index (κ3) is 13.7. The van der Waals surface area contributed by atoms with Crippen molar-refractivity contribution in [3.8, 4) is 11.5 Å². The molecule has 0 aliphatic carbocycles. The van der Waals surface area contributed by atoms with Crippen molar-refractivity contribution < 1.29 is 28.7 Å². The van der Waals surface area contributed by atoms with E-state index in [-0.39, 0.29) is 55.8 Å². The number of nitrogens with one attached hydrogen (secondary N) is 2. The Bertz CT molecular complexity index is 1150. The maximum atomic E-state index is 13.2. The van der Waals surface area contributed by atoms with E-state index in [1.165, 1.54) is 19.3 Å². The Labute approximate surface area is 262 Å². The summed E-state index contributed by atoms with van der Waals surface area (Å²) < 4.78 is 5.70. The molecule has 1 atom stereocenters. The second-order valence-corrected chi connectivity index (χ2v) is 11.4. The van der Waals surface area contributed by atoms with E-state index in [1.807, 2.05) is 30.3 Å². The van der Waals surface area contributed by atoms with Crippen LogP contribution in [0.1, 0.15) is 120 Å². The number of nitrogens with zero attached hydrogens (tertiary/aromatic N) is 2. The molecule has 0 saturated carbocycles. The summed E-state index contributed by atoms with van der Waals surface area (Å²) >= 11 is 0. The van der Waals surface area contributed by atoms with E-state index < -0.39 is 12.0 Å². The van der Waals surface area contributed by atoms with Gasteiger partial charge in [0.1, 0.15) is 11.8 Å². The molecule has 1 aromatic heterocycles. The highest BCUT2D eigenvalue weighted by atomic mass is 16.4. The lowest BCUT2D eigenvalue weighted by molar-refractivity contribution is -0.142. The number of carbonyl (C=O) groups is 4. The summed E-state index contributed by atoms with van der Waals surface area (Å²) in [5.41, 5.74) is 0.966. The number of rotatable bonds is 23. The zero-order chi connectivity index (χ0) is 32.2. The summed E-state index contributed by atoms with van der Waals surface area (Å²) in [6.07, 6.45) is 11.7. The summed E-state index contributed by atoms with van der Waals surface area (Å²) in [5.74, 6) is -1.26. The molecular weight excluding hydrogens is 560 g/mol. The Kier molecular flexibility index (Phi) is 17.5. The monoisotopic (exact) mass is 612 g/mol. The van der Waals surface area contributed by atoms with Crippen molar-refractivity contribution in [2.45, 2.75) is 117 Å². The van der Waals surface area contributed by atoms with Gasteiger partial charge in [-0.15, -0.1) is 0 Å². The first-order valence-corrected chi connectivity index (χ1v) is 16.4. The summed E-state index contributed by atoms with van der Waals surface area (Å²) in [6.45, 7) is 6.97. The lowest BCUT2D eigenvalue weighted by atomic mass is 10.1. The second kappa shape index (κ2) is 21.1. The Morgan fingerprint density at radius 1 is 0.864 bits per heavy atom. The molecule has 3 amide bonds. The molecule has 0 aliphatic heterocycles. The highest BCUT2D eigenvalue weighted by Gasteiger charge is 2.23. The number of aryl methyl sites for hydroxylation is 1. The average Bonchev–Trinajstić information content (AvgIpc) is 3.41. The lowest BCUT2D eigenvalue weighted by Gasteiger charge is -2.24. The molecule has 1 unspecified atom stereocenters. The zero-order valence-electron chi connectivity index (χ0n) is 26.9. The number of unbranched alkanes of at least 4 members (excludes halogenated alkanes) is 9. The third-order valence-corrected chi connectivity index (χ3v) is 7.62. The smallest absolute Gasteiger partial charge is 0.326 e. The standard InChI is InChI=1S/C34H52N4O6/c1-4-6-8-10-11-12-16-20-29(39)36-28(34(42)43)21-22-30(40)38(24-17-9-7-5-2)25-23-35-32(41)31-26(3)44-33(37-31)27-18-14-13-15-19-27/h13-15,18-19,28H,4-12,16-17,20-25H2,1-3H3,(H,35,41)(H,36,39)(H,42,43). The zero-order valence-corrected chi connectivity index (χ0v) is 26.9. The Morgan fingerprint density at radius 3 is 2.16 bits per heavy atom. The lowest BCUT2D eigenvalue weighted by Crippen LogP contribution is -2.43. The van der Waals surface area contributed by atoms with E-state index in [0.717, 1.165) is 56.9 Å². The number of hydrogen-bond acceptors (Lipinski definition) is 6. The number of aromatic nitrogens is 1. The van der Waals surface area contributed by atoms with Crippen LogP contribution in [0.15, 0.2) is 34.7 Å². The summed E-state index contributed by atoms with van der Waals surface area (Å²) in [6, 6.07) is 8.21. The van der Waals surface area contributed by atoms with Gasteiger partial charge in [-0.05, 0) is 38.3 Å². The van der Waals surface area contributed by atoms with Crippen LogP contribution < -0.4 is 10.6 Å². The molecule has 0 spiro atoms. The van der Waals surface area contributed by atoms with Gasteiger partial charge in [0.25, 0.3) is 5.91 Å². The van der Waals surface area contributed by atoms with Crippen LogP contribution in [0.25, 0.3) is 11.5 Å². The van der Waals surface area contributed by atoms with Gasteiger partial charge >= 0.3 is 5.97 Å². The molecule has 10 heteroatoms. The average molecular weight is 613 g/mol. The van der Waals surface area contributed by atoms with Crippen molar-refractivity contribution in [2.24, 2.45) is 0 Å². The van der Waals surface area contributed by atoms with Crippen LogP contribution in [-0.4, -0.2) is 64.4 Å². The van der Waals surface area contributed by atoms with Crippen molar-refractivity contribution >= 4 is 23.7 Å². The highest BCUT2D eigenvalue weighted by Crippen LogP contribution is 2.21. The molecule has 0 aliphatic rings. The molecule has 3 N–H and O–H groups in total. The number of benzene rings is 1. The number of hydrogen-bond donors (Lipinski definition) is 3. The number of amides is 3. The van der Waals surface area contributed by atoms with Crippen LogP contribution in [0.4, 0.5) is 0 Å². The first kappa shape index (κ1) is 36.5. The normalized spacial score (nSPS) is 11.6. The van der Waals surface area contributed by atoms with E-state index in [1.54, 1.807) is 11.8 Å². The summed E-state index contributed by atoms with van der Waals surface area (Å²) in [4.78, 5) is 56.3. The maximum absolute atomic E-state index is 13.2. The van der Waals surface area contributed by atoms with Crippen LogP contribution in [-0.2, 0) is 14.4 Å². The molecule has 1 heterocycles. The molecule has 1 aromatic carbocycles. The second-order valence-electron chi connectivity index (χ2n) is 11.4. The van der Waals surface area contributed by atoms with E-state index in [4.69, 9.17) is 4.42 Å². The van der Waals surface area contributed by atoms with Crippen molar-refractivity contribution in [3.63, 3.8) is 0 Å². The van der Waals surface area contributed by atoms with Gasteiger partial charge in [0.05, 0.1) is 0 Å². The molecule has 2 aromatic rings. The minimum atomic E-state index is -1.15. The molecule has 244 valence electrons. The van der Waals surface area contributed by atoms with Gasteiger partial charge in [-0.1, -0.05) is 89.8 Å². The number of oxazole rings is 1. The van der Waals surface area contributed by atoms with E-state index >= 15 is 0 Å². The fraction of sp³-hybridized carbons (Fsp3) is 0.618. The quantitative estimate of drug-likeness (QED) is 0.125. The van der Waals surface area contributed by atoms with Crippen molar-refractivity contribution in [1.82, 2.24) is 20.5 Å². The third-order valence-electron chi connectivity index (χ3n) is 7.62. The summed E-state index contributed by atoms with van der Waals surface area (Å²) in [5, 5.41) is 15.1.